The summed E-state index contributed by atoms with van der Waals surface area (Å²) >= 11 is 0. The van der Waals surface area contributed by atoms with Crippen LogP contribution in [0.15, 0.2) is 77.9 Å². The summed E-state index contributed by atoms with van der Waals surface area (Å²) in [6.45, 7) is 3.57. The Morgan fingerprint density at radius 1 is 0.955 bits per heavy atom. The molecule has 9 nitrogen and oxygen atoms in total. The lowest BCUT2D eigenvalue weighted by Crippen LogP contribution is -2.27. The number of benzene rings is 3. The van der Waals surface area contributed by atoms with E-state index in [2.05, 4.69) is 10.3 Å². The van der Waals surface area contributed by atoms with Gasteiger partial charge in [0.2, 0.25) is 5.43 Å². The van der Waals surface area contributed by atoms with E-state index >= 15 is 4.39 Å². The molecule has 2 aromatic heterocycles. The number of anilines is 1. The lowest BCUT2D eigenvalue weighted by molar-refractivity contribution is 0.102. The summed E-state index contributed by atoms with van der Waals surface area (Å²) < 4.78 is 46.9. The van der Waals surface area contributed by atoms with E-state index in [1.165, 1.54) is 55.4 Å². The Balaban J connectivity index is 1.47. The van der Waals surface area contributed by atoms with Gasteiger partial charge in [-0.05, 0) is 55.8 Å². The topological polar surface area (TPSA) is 115 Å². The number of ether oxygens (including phenoxy) is 3. The van der Waals surface area contributed by atoms with E-state index in [0.717, 1.165) is 18.2 Å². The van der Waals surface area contributed by atoms with Gasteiger partial charge >= 0.3 is 0 Å². The maximum Gasteiger partial charge on any atom is 0.261 e. The fourth-order valence-corrected chi connectivity index (χ4v) is 4.72. The Bertz CT molecular complexity index is 2000. The van der Waals surface area contributed by atoms with Gasteiger partial charge in [0.1, 0.15) is 28.9 Å². The average molecular weight is 597 g/mol. The third kappa shape index (κ3) is 5.65. The second kappa shape index (κ2) is 12.2. The van der Waals surface area contributed by atoms with Crippen LogP contribution >= 0.6 is 0 Å². The third-order valence-corrected chi connectivity index (χ3v) is 6.89. The number of rotatable bonds is 8. The van der Waals surface area contributed by atoms with Gasteiger partial charge in [-0.2, -0.15) is 5.26 Å². The molecule has 0 radical (unpaired) electrons. The molecule has 0 unspecified atom stereocenters. The van der Waals surface area contributed by atoms with Crippen molar-refractivity contribution in [2.75, 3.05) is 19.5 Å². The van der Waals surface area contributed by atoms with Gasteiger partial charge in [0.05, 0.1) is 25.3 Å². The number of carbonyl (C=O) groups excluding carboxylic acids is 1. The van der Waals surface area contributed by atoms with Crippen molar-refractivity contribution < 1.29 is 27.8 Å². The van der Waals surface area contributed by atoms with Gasteiger partial charge in [-0.3, -0.25) is 14.6 Å². The highest BCUT2D eigenvalue weighted by molar-refractivity contribution is 6.05. The molecule has 0 fully saturated rings. The molecule has 0 aliphatic rings. The monoisotopic (exact) mass is 596 g/mol. The molecule has 2 heterocycles. The van der Waals surface area contributed by atoms with Crippen LogP contribution in [0.1, 0.15) is 35.9 Å². The number of nitriles is 1. The van der Waals surface area contributed by atoms with Crippen LogP contribution < -0.4 is 25.0 Å². The highest BCUT2D eigenvalue weighted by Gasteiger charge is 2.23. The summed E-state index contributed by atoms with van der Waals surface area (Å²) in [5.41, 5.74) is -0.120. The molecule has 0 aliphatic carbocycles. The number of hydrogen-bond donors (Lipinski definition) is 1. The van der Waals surface area contributed by atoms with Crippen LogP contribution in [0, 0.1) is 23.0 Å². The highest BCUT2D eigenvalue weighted by Crippen LogP contribution is 2.37. The molecule has 5 aromatic rings. The van der Waals surface area contributed by atoms with Gasteiger partial charge in [-0.15, -0.1) is 0 Å². The molecule has 0 bridgehead atoms. The number of nitrogens with one attached hydrogen (secondary N) is 1. The van der Waals surface area contributed by atoms with E-state index in [1.54, 1.807) is 32.0 Å². The number of pyridine rings is 2. The van der Waals surface area contributed by atoms with Crippen LogP contribution in [0.5, 0.6) is 23.0 Å². The normalized spacial score (nSPS) is 10.9. The van der Waals surface area contributed by atoms with Crippen molar-refractivity contribution in [2.24, 2.45) is 0 Å². The zero-order valence-electron chi connectivity index (χ0n) is 24.1. The summed E-state index contributed by atoms with van der Waals surface area (Å²) in [5.74, 6) is -0.999. The molecule has 222 valence electrons. The molecule has 0 aliphatic heterocycles. The Morgan fingerprint density at radius 2 is 1.66 bits per heavy atom. The number of nitrogens with zero attached hydrogens (tertiary/aromatic N) is 3. The van der Waals surface area contributed by atoms with Crippen molar-refractivity contribution >= 4 is 22.5 Å². The zero-order valence-corrected chi connectivity index (χ0v) is 24.1. The van der Waals surface area contributed by atoms with Crippen LogP contribution in [-0.4, -0.2) is 29.7 Å². The number of halogens is 2. The summed E-state index contributed by atoms with van der Waals surface area (Å²) in [7, 11) is 3.00. The molecule has 1 N–H and O–H groups in total. The van der Waals surface area contributed by atoms with E-state index in [4.69, 9.17) is 14.2 Å². The minimum absolute atomic E-state index is 0.0282. The molecule has 0 spiro atoms. The number of amides is 1. The van der Waals surface area contributed by atoms with Gasteiger partial charge < -0.3 is 24.1 Å². The zero-order chi connectivity index (χ0) is 31.5. The van der Waals surface area contributed by atoms with E-state index in [0.29, 0.717) is 28.2 Å². The van der Waals surface area contributed by atoms with Crippen molar-refractivity contribution in [2.45, 2.75) is 19.9 Å². The maximum atomic E-state index is 15.2. The van der Waals surface area contributed by atoms with E-state index in [9.17, 15) is 19.2 Å². The molecule has 1 amide bonds. The summed E-state index contributed by atoms with van der Waals surface area (Å²) in [6, 6.07) is 15.5. The van der Waals surface area contributed by atoms with Crippen molar-refractivity contribution in [1.82, 2.24) is 9.55 Å². The van der Waals surface area contributed by atoms with Crippen LogP contribution in [0.4, 0.5) is 14.5 Å². The lowest BCUT2D eigenvalue weighted by Gasteiger charge is -2.18. The molecule has 0 saturated carbocycles. The summed E-state index contributed by atoms with van der Waals surface area (Å²) in [5, 5.41) is 13.0. The predicted molar refractivity (Wildman–Crippen MR) is 160 cm³/mol. The third-order valence-electron chi connectivity index (χ3n) is 6.89. The minimum Gasteiger partial charge on any atom is -0.493 e. The molecule has 3 aromatic carbocycles. The number of hydrogen-bond acceptors (Lipinski definition) is 7. The molecule has 0 saturated heterocycles. The Morgan fingerprint density at radius 3 is 2.30 bits per heavy atom. The fourth-order valence-electron chi connectivity index (χ4n) is 4.72. The maximum absolute atomic E-state index is 15.2. The molecule has 44 heavy (non-hydrogen) atoms. The van der Waals surface area contributed by atoms with Gasteiger partial charge in [-0.1, -0.05) is 12.1 Å². The molecular weight excluding hydrogens is 570 g/mol. The first-order valence-corrected chi connectivity index (χ1v) is 13.4. The lowest BCUT2D eigenvalue weighted by atomic mass is 10.00. The van der Waals surface area contributed by atoms with Crippen molar-refractivity contribution in [3.8, 4) is 40.2 Å². The SMILES string of the molecule is COc1cc2nccc(Oc3ccc(NC(=O)c4cn(C(C)C)c(C#N)c(-c5ccc(F)cc5)c4=O)cc3F)c2cc1OC. The molecule has 5 rings (SSSR count). The number of fused-ring (bicyclic) bond motifs is 1. The van der Waals surface area contributed by atoms with Crippen LogP contribution in [0.3, 0.4) is 0 Å². The highest BCUT2D eigenvalue weighted by atomic mass is 19.1. The van der Waals surface area contributed by atoms with Gasteiger partial charge in [-0.25, -0.2) is 8.78 Å². The predicted octanol–water partition coefficient (Wildman–Crippen LogP) is 6.86. The first kappa shape index (κ1) is 29.7. The van der Waals surface area contributed by atoms with Crippen LogP contribution in [0.25, 0.3) is 22.0 Å². The standard InChI is InChI=1S/C33H26F2N4O5/c1-18(2)39-17-23(32(40)31(26(39)16-36)19-5-7-20(34)8-6-19)33(41)38-21-9-10-28(24(35)13-21)44-27-11-12-37-25-15-30(43-4)29(42-3)14-22(25)27/h5-15,17-18H,1-4H3,(H,38,41). The van der Waals surface area contributed by atoms with Crippen molar-refractivity contribution in [3.05, 3.63) is 106 Å². The largest absolute Gasteiger partial charge is 0.493 e. The van der Waals surface area contributed by atoms with Crippen molar-refractivity contribution in [1.29, 1.82) is 5.26 Å². The Hall–Kier alpha value is -5.76. The van der Waals surface area contributed by atoms with E-state index < -0.39 is 23.0 Å². The first-order valence-electron chi connectivity index (χ1n) is 13.4. The average Bonchev–Trinajstić information content (AvgIpc) is 3.01. The second-order valence-electron chi connectivity index (χ2n) is 9.95. The molecule has 11 heteroatoms. The van der Waals surface area contributed by atoms with Crippen LogP contribution in [-0.2, 0) is 0 Å². The molecule has 0 atom stereocenters. The first-order chi connectivity index (χ1) is 21.1. The van der Waals surface area contributed by atoms with Gasteiger partial charge in [0, 0.05) is 41.6 Å². The Labute approximate surface area is 250 Å². The second-order valence-corrected chi connectivity index (χ2v) is 9.95. The summed E-state index contributed by atoms with van der Waals surface area (Å²) in [4.78, 5) is 31.2. The van der Waals surface area contributed by atoms with Crippen molar-refractivity contribution in [3.63, 3.8) is 0 Å². The van der Waals surface area contributed by atoms with Crippen LogP contribution in [0.2, 0.25) is 0 Å². The number of carbonyl (C=O) groups is 1. The quantitative estimate of drug-likeness (QED) is 0.208. The van der Waals surface area contributed by atoms with E-state index in [1.807, 2.05) is 6.07 Å². The van der Waals surface area contributed by atoms with Gasteiger partial charge in [0.25, 0.3) is 5.91 Å². The van der Waals surface area contributed by atoms with E-state index in [-0.39, 0.29) is 39.9 Å². The number of methoxy groups -OCH3 is 2. The van der Waals surface area contributed by atoms with Gasteiger partial charge in [0.15, 0.2) is 23.1 Å². The smallest absolute Gasteiger partial charge is 0.261 e. The minimum atomic E-state index is -0.813. The molecular formula is C33H26F2N4O5. The Kier molecular flexibility index (Phi) is 8.26. The fraction of sp³-hybridized carbons (Fsp3) is 0.152. The summed E-state index contributed by atoms with van der Waals surface area (Å²) in [6.07, 6.45) is 2.80. The number of aromatic nitrogens is 2.